The second-order valence-corrected chi connectivity index (χ2v) is 6.10. The van der Waals surface area contributed by atoms with Crippen molar-refractivity contribution in [1.82, 2.24) is 9.88 Å². The molecule has 114 valence electrons. The van der Waals surface area contributed by atoms with Crippen molar-refractivity contribution in [2.75, 3.05) is 19.7 Å². The van der Waals surface area contributed by atoms with Crippen molar-refractivity contribution in [2.24, 2.45) is 0 Å². The fourth-order valence-corrected chi connectivity index (χ4v) is 2.66. The van der Waals surface area contributed by atoms with Crippen molar-refractivity contribution in [2.45, 2.75) is 18.4 Å². The van der Waals surface area contributed by atoms with Crippen LogP contribution in [0.5, 0.6) is 5.75 Å². The summed E-state index contributed by atoms with van der Waals surface area (Å²) in [5, 5.41) is 0. The van der Waals surface area contributed by atoms with Gasteiger partial charge in [-0.3, -0.25) is 9.78 Å². The third kappa shape index (κ3) is 3.30. The Hall–Kier alpha value is -1.74. The van der Waals surface area contributed by atoms with Crippen LogP contribution < -0.4 is 4.18 Å². The first-order valence-electron chi connectivity index (χ1n) is 6.39. The molecule has 0 bridgehead atoms. The largest absolute Gasteiger partial charge is 0.488 e. The summed E-state index contributed by atoms with van der Waals surface area (Å²) in [7, 11) is -5.14. The van der Waals surface area contributed by atoms with Crippen molar-refractivity contribution < 1.29 is 26.0 Å². The molecule has 3 rings (SSSR count). The summed E-state index contributed by atoms with van der Waals surface area (Å²) in [5.74, 6) is -0.642. The summed E-state index contributed by atoms with van der Waals surface area (Å²) in [6, 6.07) is 1.15. The first-order chi connectivity index (χ1) is 9.87. The number of rotatable bonds is 3. The van der Waals surface area contributed by atoms with Crippen LogP contribution in [0.25, 0.3) is 0 Å². The topological polar surface area (TPSA) is 85.8 Å². The molecule has 21 heavy (non-hydrogen) atoms. The van der Waals surface area contributed by atoms with Crippen LogP contribution in [0.1, 0.15) is 23.2 Å². The van der Waals surface area contributed by atoms with Crippen LogP contribution in [-0.2, 0) is 15.2 Å². The minimum Gasteiger partial charge on any atom is -0.371 e. The summed E-state index contributed by atoms with van der Waals surface area (Å²) >= 11 is 0. The van der Waals surface area contributed by atoms with Gasteiger partial charge >= 0.3 is 10.5 Å². The molecule has 2 aliphatic rings. The van der Waals surface area contributed by atoms with E-state index in [1.165, 1.54) is 6.20 Å². The summed E-state index contributed by atoms with van der Waals surface area (Å²) < 4.78 is 43.1. The van der Waals surface area contributed by atoms with E-state index in [0.29, 0.717) is 19.7 Å². The van der Waals surface area contributed by atoms with Crippen LogP contribution in [-0.4, -0.2) is 49.5 Å². The molecule has 1 saturated heterocycles. The molecule has 0 radical (unpaired) electrons. The van der Waals surface area contributed by atoms with Crippen LogP contribution in [0.15, 0.2) is 18.5 Å². The maximum absolute atomic E-state index is 12.5. The number of pyridine rings is 1. The van der Waals surface area contributed by atoms with E-state index in [9.17, 15) is 17.1 Å². The molecule has 1 saturated carbocycles. The molecule has 7 nitrogen and oxygen atoms in total. The lowest BCUT2D eigenvalue weighted by Gasteiger charge is -2.33. The van der Waals surface area contributed by atoms with Gasteiger partial charge in [0.1, 0.15) is 0 Å². The number of halogens is 1. The number of ether oxygens (including phenoxy) is 1. The van der Waals surface area contributed by atoms with Gasteiger partial charge in [0.25, 0.3) is 5.91 Å². The molecule has 1 aromatic heterocycles. The van der Waals surface area contributed by atoms with E-state index in [4.69, 9.17) is 4.74 Å². The van der Waals surface area contributed by atoms with E-state index >= 15 is 0 Å². The number of hydrogen-bond acceptors (Lipinski definition) is 6. The van der Waals surface area contributed by atoms with Crippen LogP contribution in [0.4, 0.5) is 3.89 Å². The molecular formula is C12H13FN2O5S. The van der Waals surface area contributed by atoms with Gasteiger partial charge in [-0.05, 0) is 18.9 Å². The molecule has 1 aliphatic carbocycles. The highest BCUT2D eigenvalue weighted by atomic mass is 32.3. The fraction of sp³-hybridized carbons (Fsp3) is 0.500. The Morgan fingerprint density at radius 2 is 2.19 bits per heavy atom. The molecule has 9 heteroatoms. The number of carbonyl (C=O) groups is 1. The van der Waals surface area contributed by atoms with Crippen LogP contribution in [0.2, 0.25) is 0 Å². The zero-order chi connectivity index (χ0) is 15.1. The van der Waals surface area contributed by atoms with Crippen molar-refractivity contribution in [1.29, 1.82) is 0 Å². The minimum atomic E-state index is -5.14. The Labute approximate surface area is 121 Å². The molecule has 1 spiro atoms. The monoisotopic (exact) mass is 316 g/mol. The van der Waals surface area contributed by atoms with E-state index in [-0.39, 0.29) is 22.8 Å². The fourth-order valence-electron chi connectivity index (χ4n) is 2.34. The smallest absolute Gasteiger partial charge is 0.371 e. The number of morpholine rings is 1. The lowest BCUT2D eigenvalue weighted by Crippen LogP contribution is -2.46. The van der Waals surface area contributed by atoms with Crippen LogP contribution in [0.3, 0.4) is 0 Å². The van der Waals surface area contributed by atoms with E-state index < -0.39 is 10.5 Å². The van der Waals surface area contributed by atoms with E-state index in [1.54, 1.807) is 4.90 Å². The number of carbonyl (C=O) groups excluding carboxylic acids is 1. The maximum Gasteiger partial charge on any atom is 0.488 e. The predicted molar refractivity (Wildman–Crippen MR) is 68.7 cm³/mol. The lowest BCUT2D eigenvalue weighted by atomic mass is 10.2. The van der Waals surface area contributed by atoms with Crippen molar-refractivity contribution in [3.8, 4) is 5.75 Å². The number of hydrogen-bond donors (Lipinski definition) is 0. The summed E-state index contributed by atoms with van der Waals surface area (Å²) in [4.78, 5) is 17.7. The minimum absolute atomic E-state index is 0.147. The molecule has 1 aromatic rings. The quantitative estimate of drug-likeness (QED) is 0.762. The van der Waals surface area contributed by atoms with Crippen molar-refractivity contribution in [3.05, 3.63) is 24.0 Å². The molecule has 0 unspecified atom stereocenters. The third-order valence-corrected chi connectivity index (χ3v) is 3.89. The zero-order valence-corrected chi connectivity index (χ0v) is 11.8. The van der Waals surface area contributed by atoms with Gasteiger partial charge in [0, 0.05) is 12.7 Å². The van der Waals surface area contributed by atoms with Gasteiger partial charge in [-0.2, -0.15) is 8.42 Å². The predicted octanol–water partition coefficient (Wildman–Crippen LogP) is 0.680. The van der Waals surface area contributed by atoms with Crippen LogP contribution in [0, 0.1) is 0 Å². The van der Waals surface area contributed by atoms with Crippen LogP contribution >= 0.6 is 0 Å². The highest BCUT2D eigenvalue weighted by Gasteiger charge is 2.48. The average molecular weight is 316 g/mol. The summed E-state index contributed by atoms with van der Waals surface area (Å²) in [6.07, 6.45) is 4.17. The number of aromatic nitrogens is 1. The van der Waals surface area contributed by atoms with Gasteiger partial charge in [-0.25, -0.2) is 0 Å². The molecule has 1 aliphatic heterocycles. The Morgan fingerprint density at radius 1 is 1.43 bits per heavy atom. The summed E-state index contributed by atoms with van der Waals surface area (Å²) in [5.41, 5.74) is -0.0635. The lowest BCUT2D eigenvalue weighted by molar-refractivity contribution is -0.0376. The van der Waals surface area contributed by atoms with Gasteiger partial charge in [0.15, 0.2) is 5.75 Å². The van der Waals surface area contributed by atoms with Crippen molar-refractivity contribution in [3.63, 3.8) is 0 Å². The van der Waals surface area contributed by atoms with Gasteiger partial charge < -0.3 is 13.8 Å². The standard InChI is InChI=1S/C12H13FN2O5S/c13-21(17,18)20-10-5-9(6-14-7-10)11(16)15-3-4-19-12(8-15)1-2-12/h5-7H,1-4,8H2. The normalized spacial score (nSPS) is 20.3. The van der Waals surface area contributed by atoms with Gasteiger partial charge in [-0.15, -0.1) is 0 Å². The first-order valence-corrected chi connectivity index (χ1v) is 7.70. The second kappa shape index (κ2) is 4.92. The molecular weight excluding hydrogens is 303 g/mol. The first kappa shape index (κ1) is 14.2. The van der Waals surface area contributed by atoms with E-state index in [2.05, 4.69) is 9.17 Å². The molecule has 0 atom stereocenters. The molecule has 0 aromatic carbocycles. The average Bonchev–Trinajstić information content (AvgIpc) is 3.15. The number of nitrogens with zero attached hydrogens (tertiary/aromatic N) is 2. The maximum atomic E-state index is 12.5. The number of amides is 1. The third-order valence-electron chi connectivity index (χ3n) is 3.50. The Morgan fingerprint density at radius 3 is 2.86 bits per heavy atom. The SMILES string of the molecule is O=C(c1cncc(OS(=O)(=O)F)c1)N1CCOC2(CC2)C1. The zero-order valence-electron chi connectivity index (χ0n) is 11.0. The van der Waals surface area contributed by atoms with Gasteiger partial charge in [0.05, 0.1) is 30.5 Å². The van der Waals surface area contributed by atoms with Crippen molar-refractivity contribution >= 4 is 16.4 Å². The molecule has 0 N–H and O–H groups in total. The second-order valence-electron chi connectivity index (χ2n) is 5.14. The Bertz CT molecular complexity index is 674. The van der Waals surface area contributed by atoms with Gasteiger partial charge in [-0.1, -0.05) is 3.89 Å². The highest BCUT2D eigenvalue weighted by Crippen LogP contribution is 2.42. The molecule has 1 amide bonds. The Kier molecular flexibility index (Phi) is 3.33. The molecule has 2 fully saturated rings. The Balaban J connectivity index is 1.76. The van der Waals surface area contributed by atoms with Gasteiger partial charge in [0.2, 0.25) is 0 Å². The summed E-state index contributed by atoms with van der Waals surface area (Å²) in [6.45, 7) is 1.42. The van der Waals surface area contributed by atoms with E-state index in [0.717, 1.165) is 25.1 Å². The molecule has 2 heterocycles. The van der Waals surface area contributed by atoms with E-state index in [1.807, 2.05) is 0 Å². The highest BCUT2D eigenvalue weighted by molar-refractivity contribution is 7.81.